The van der Waals surface area contributed by atoms with Gasteiger partial charge in [0.25, 0.3) is 0 Å². The first-order valence-corrected chi connectivity index (χ1v) is 6.87. The van der Waals surface area contributed by atoms with Crippen LogP contribution in [-0.2, 0) is 0 Å². The number of nitrogens with zero attached hydrogens (tertiary/aromatic N) is 3. The number of unbranched alkanes of at least 4 members (excludes halogenated alkanes) is 2. The van der Waals surface area contributed by atoms with E-state index in [0.29, 0.717) is 17.9 Å². The van der Waals surface area contributed by atoms with Crippen molar-refractivity contribution >= 4 is 6.01 Å². The predicted octanol–water partition coefficient (Wildman–Crippen LogP) is 2.76. The summed E-state index contributed by atoms with van der Waals surface area (Å²) in [5, 5.41) is 11.4. The lowest BCUT2D eigenvalue weighted by atomic mass is 10.2. The Morgan fingerprint density at radius 1 is 1.22 bits per heavy atom. The van der Waals surface area contributed by atoms with Crippen LogP contribution in [0, 0.1) is 0 Å². The highest BCUT2D eigenvalue weighted by Crippen LogP contribution is 2.19. The summed E-state index contributed by atoms with van der Waals surface area (Å²) in [6, 6.07) is 1.11. The summed E-state index contributed by atoms with van der Waals surface area (Å²) >= 11 is 0. The minimum Gasteiger partial charge on any atom is -0.406 e. The summed E-state index contributed by atoms with van der Waals surface area (Å²) in [5.74, 6) is 0.647. The Morgan fingerprint density at radius 3 is 2.50 bits per heavy atom. The van der Waals surface area contributed by atoms with Crippen LogP contribution in [0.3, 0.4) is 0 Å². The minimum absolute atomic E-state index is 0.0934. The van der Waals surface area contributed by atoms with E-state index in [9.17, 15) is 0 Å². The quantitative estimate of drug-likeness (QED) is 0.723. The molecule has 1 aromatic heterocycles. The van der Waals surface area contributed by atoms with E-state index in [2.05, 4.69) is 41.2 Å². The standard InChI is InChI=1S/C13H26N4O/c1-6-7-8-9-17(10(2)3)13-16-15-12(18-13)11(4)14-5/h10-11,14H,6-9H2,1-5H3. The molecule has 1 rings (SSSR count). The molecule has 0 saturated carbocycles. The Labute approximate surface area is 110 Å². The maximum absolute atomic E-state index is 5.73. The van der Waals surface area contributed by atoms with Crippen molar-refractivity contribution in [2.75, 3.05) is 18.5 Å². The van der Waals surface area contributed by atoms with Crippen LogP contribution in [0.2, 0.25) is 0 Å². The Morgan fingerprint density at radius 2 is 1.94 bits per heavy atom. The molecule has 104 valence electrons. The van der Waals surface area contributed by atoms with Crippen molar-refractivity contribution in [3.8, 4) is 0 Å². The van der Waals surface area contributed by atoms with Crippen molar-refractivity contribution in [2.24, 2.45) is 0 Å². The fourth-order valence-corrected chi connectivity index (χ4v) is 1.75. The highest BCUT2D eigenvalue weighted by Gasteiger charge is 2.19. The van der Waals surface area contributed by atoms with Crippen LogP contribution in [0.25, 0.3) is 0 Å². The first-order valence-electron chi connectivity index (χ1n) is 6.87. The molecule has 0 amide bonds. The summed E-state index contributed by atoms with van der Waals surface area (Å²) in [7, 11) is 1.88. The molecule has 0 aliphatic rings. The molecule has 5 nitrogen and oxygen atoms in total. The number of hydrogen-bond donors (Lipinski definition) is 1. The molecule has 0 bridgehead atoms. The van der Waals surface area contributed by atoms with Crippen molar-refractivity contribution < 1.29 is 4.42 Å². The summed E-state index contributed by atoms with van der Waals surface area (Å²) in [6.07, 6.45) is 3.61. The molecule has 0 radical (unpaired) electrons. The van der Waals surface area contributed by atoms with E-state index in [4.69, 9.17) is 4.42 Å². The number of rotatable bonds is 8. The molecule has 0 saturated heterocycles. The van der Waals surface area contributed by atoms with Gasteiger partial charge in [-0.2, -0.15) is 0 Å². The first kappa shape index (κ1) is 15.0. The number of aromatic nitrogens is 2. The molecule has 1 heterocycles. The fraction of sp³-hybridized carbons (Fsp3) is 0.846. The van der Waals surface area contributed by atoms with Gasteiger partial charge in [0.15, 0.2) is 0 Å². The molecule has 1 N–H and O–H groups in total. The number of anilines is 1. The first-order chi connectivity index (χ1) is 8.60. The second kappa shape index (κ2) is 7.36. The Balaban J connectivity index is 2.70. The molecular weight excluding hydrogens is 228 g/mol. The molecule has 0 fully saturated rings. The molecule has 0 spiro atoms. The van der Waals surface area contributed by atoms with E-state index in [1.165, 1.54) is 12.8 Å². The van der Waals surface area contributed by atoms with Gasteiger partial charge in [-0.25, -0.2) is 0 Å². The van der Waals surface area contributed by atoms with Gasteiger partial charge in [-0.15, -0.1) is 5.10 Å². The smallest absolute Gasteiger partial charge is 0.318 e. The summed E-state index contributed by atoms with van der Waals surface area (Å²) in [6.45, 7) is 9.49. The van der Waals surface area contributed by atoms with Gasteiger partial charge in [0.1, 0.15) is 0 Å². The van der Waals surface area contributed by atoms with E-state index in [-0.39, 0.29) is 6.04 Å². The van der Waals surface area contributed by atoms with Gasteiger partial charge < -0.3 is 14.6 Å². The normalized spacial score (nSPS) is 13.0. The molecule has 0 aliphatic carbocycles. The Kier molecular flexibility index (Phi) is 6.12. The number of hydrogen-bond acceptors (Lipinski definition) is 5. The second-order valence-corrected chi connectivity index (χ2v) is 4.93. The second-order valence-electron chi connectivity index (χ2n) is 4.93. The largest absolute Gasteiger partial charge is 0.406 e. The third kappa shape index (κ3) is 3.98. The topological polar surface area (TPSA) is 54.2 Å². The van der Waals surface area contributed by atoms with Gasteiger partial charge in [-0.3, -0.25) is 0 Å². The molecule has 5 heteroatoms. The SMILES string of the molecule is CCCCCN(c1nnc(C(C)NC)o1)C(C)C. The lowest BCUT2D eigenvalue weighted by Crippen LogP contribution is -2.32. The van der Waals surface area contributed by atoms with Crippen molar-refractivity contribution in [1.29, 1.82) is 0 Å². The molecule has 0 aliphatic heterocycles. The maximum atomic E-state index is 5.73. The monoisotopic (exact) mass is 254 g/mol. The third-order valence-corrected chi connectivity index (χ3v) is 3.11. The highest BCUT2D eigenvalue weighted by atomic mass is 16.4. The highest BCUT2D eigenvalue weighted by molar-refractivity contribution is 5.25. The maximum Gasteiger partial charge on any atom is 0.318 e. The van der Waals surface area contributed by atoms with Crippen LogP contribution < -0.4 is 10.2 Å². The molecule has 1 unspecified atom stereocenters. The van der Waals surface area contributed by atoms with E-state index in [1.807, 2.05) is 14.0 Å². The molecule has 18 heavy (non-hydrogen) atoms. The van der Waals surface area contributed by atoms with Crippen LogP contribution in [0.5, 0.6) is 0 Å². The molecular formula is C13H26N4O. The van der Waals surface area contributed by atoms with E-state index in [0.717, 1.165) is 13.0 Å². The van der Waals surface area contributed by atoms with Crippen molar-refractivity contribution in [3.63, 3.8) is 0 Å². The summed E-state index contributed by atoms with van der Waals surface area (Å²) in [5.41, 5.74) is 0. The molecule has 0 aromatic carbocycles. The van der Waals surface area contributed by atoms with Crippen molar-refractivity contribution in [3.05, 3.63) is 5.89 Å². The van der Waals surface area contributed by atoms with Gasteiger partial charge in [0.05, 0.1) is 6.04 Å². The zero-order valence-corrected chi connectivity index (χ0v) is 12.2. The van der Waals surface area contributed by atoms with Gasteiger partial charge in [-0.05, 0) is 34.2 Å². The van der Waals surface area contributed by atoms with Gasteiger partial charge in [0, 0.05) is 12.6 Å². The number of nitrogens with one attached hydrogen (secondary N) is 1. The van der Waals surface area contributed by atoms with Crippen molar-refractivity contribution in [1.82, 2.24) is 15.5 Å². The Bertz CT molecular complexity index is 337. The van der Waals surface area contributed by atoms with Crippen LogP contribution in [0.1, 0.15) is 58.9 Å². The lowest BCUT2D eigenvalue weighted by molar-refractivity contribution is 0.421. The van der Waals surface area contributed by atoms with Crippen LogP contribution in [-0.4, -0.2) is 29.8 Å². The van der Waals surface area contributed by atoms with E-state index >= 15 is 0 Å². The van der Waals surface area contributed by atoms with Crippen molar-refractivity contribution in [2.45, 2.75) is 59.0 Å². The summed E-state index contributed by atoms with van der Waals surface area (Å²) < 4.78 is 5.73. The Hall–Kier alpha value is -1.10. The molecule has 1 atom stereocenters. The summed E-state index contributed by atoms with van der Waals surface area (Å²) in [4.78, 5) is 2.18. The zero-order chi connectivity index (χ0) is 13.5. The van der Waals surface area contributed by atoms with Gasteiger partial charge >= 0.3 is 6.01 Å². The van der Waals surface area contributed by atoms with Gasteiger partial charge in [-0.1, -0.05) is 24.9 Å². The van der Waals surface area contributed by atoms with Crippen LogP contribution >= 0.6 is 0 Å². The third-order valence-electron chi connectivity index (χ3n) is 3.11. The van der Waals surface area contributed by atoms with Gasteiger partial charge in [0.2, 0.25) is 5.89 Å². The molecule has 1 aromatic rings. The van der Waals surface area contributed by atoms with E-state index in [1.54, 1.807) is 0 Å². The zero-order valence-electron chi connectivity index (χ0n) is 12.2. The fourth-order valence-electron chi connectivity index (χ4n) is 1.75. The average Bonchev–Trinajstić information content (AvgIpc) is 2.82. The lowest BCUT2D eigenvalue weighted by Gasteiger charge is -2.24. The predicted molar refractivity (Wildman–Crippen MR) is 73.8 cm³/mol. The average molecular weight is 254 g/mol. The van der Waals surface area contributed by atoms with E-state index < -0.39 is 0 Å². The minimum atomic E-state index is 0.0934. The van der Waals surface area contributed by atoms with Crippen LogP contribution in [0.4, 0.5) is 6.01 Å². The van der Waals surface area contributed by atoms with Crippen LogP contribution in [0.15, 0.2) is 4.42 Å².